The van der Waals surface area contributed by atoms with Gasteiger partial charge in [0, 0.05) is 16.9 Å². The summed E-state index contributed by atoms with van der Waals surface area (Å²) in [5.74, 6) is 0.781. The SMILES string of the molecule is CCc1c(CC2CCCCC2)nc(SCc2n[nH]c(-c3ccc(F)cc3)c2Cl)[nH]c1=O. The Morgan fingerprint density at radius 3 is 2.61 bits per heavy atom. The summed E-state index contributed by atoms with van der Waals surface area (Å²) >= 11 is 7.93. The van der Waals surface area contributed by atoms with Gasteiger partial charge in [0.15, 0.2) is 5.16 Å². The Labute approximate surface area is 190 Å². The van der Waals surface area contributed by atoms with Crippen molar-refractivity contribution in [2.75, 3.05) is 0 Å². The first-order valence-corrected chi connectivity index (χ1v) is 12.1. The van der Waals surface area contributed by atoms with E-state index < -0.39 is 0 Å². The molecule has 0 spiro atoms. The van der Waals surface area contributed by atoms with Gasteiger partial charge in [-0.2, -0.15) is 5.10 Å². The van der Waals surface area contributed by atoms with Crippen molar-refractivity contribution in [1.29, 1.82) is 0 Å². The highest BCUT2D eigenvalue weighted by atomic mass is 35.5. The summed E-state index contributed by atoms with van der Waals surface area (Å²) in [6.07, 6.45) is 7.84. The molecular weight excluding hydrogens is 435 g/mol. The number of nitrogens with zero attached hydrogens (tertiary/aromatic N) is 2. The van der Waals surface area contributed by atoms with Gasteiger partial charge in [0.2, 0.25) is 0 Å². The number of aromatic amines is 2. The Bertz CT molecular complexity index is 1090. The second-order valence-electron chi connectivity index (χ2n) is 8.01. The number of hydrogen-bond donors (Lipinski definition) is 2. The molecule has 0 atom stereocenters. The Kier molecular flexibility index (Phi) is 7.13. The third-order valence-corrected chi connectivity index (χ3v) is 7.19. The van der Waals surface area contributed by atoms with Gasteiger partial charge in [-0.25, -0.2) is 9.37 Å². The highest BCUT2D eigenvalue weighted by Crippen LogP contribution is 2.32. The molecule has 2 aromatic heterocycles. The smallest absolute Gasteiger partial charge is 0.254 e. The van der Waals surface area contributed by atoms with Gasteiger partial charge in [0.05, 0.1) is 22.1 Å². The van der Waals surface area contributed by atoms with Crippen LogP contribution in [0.5, 0.6) is 0 Å². The maximum atomic E-state index is 13.2. The summed E-state index contributed by atoms with van der Waals surface area (Å²) in [7, 11) is 0. The average molecular weight is 461 g/mol. The van der Waals surface area contributed by atoms with Crippen LogP contribution in [0.25, 0.3) is 11.3 Å². The van der Waals surface area contributed by atoms with Crippen LogP contribution in [0.2, 0.25) is 5.02 Å². The molecule has 0 amide bonds. The van der Waals surface area contributed by atoms with E-state index in [0.717, 1.165) is 23.2 Å². The van der Waals surface area contributed by atoms with E-state index in [0.29, 0.717) is 39.7 Å². The van der Waals surface area contributed by atoms with Crippen molar-refractivity contribution >= 4 is 23.4 Å². The molecule has 0 unspecified atom stereocenters. The molecule has 31 heavy (non-hydrogen) atoms. The Morgan fingerprint density at radius 2 is 1.90 bits per heavy atom. The molecule has 0 saturated heterocycles. The molecule has 1 fully saturated rings. The fraction of sp³-hybridized carbons (Fsp3) is 0.435. The molecule has 1 aromatic carbocycles. The van der Waals surface area contributed by atoms with Gasteiger partial charge in [-0.1, -0.05) is 62.4 Å². The van der Waals surface area contributed by atoms with Gasteiger partial charge in [-0.15, -0.1) is 0 Å². The molecule has 0 aliphatic heterocycles. The van der Waals surface area contributed by atoms with Crippen molar-refractivity contribution < 1.29 is 4.39 Å². The van der Waals surface area contributed by atoms with E-state index in [9.17, 15) is 9.18 Å². The van der Waals surface area contributed by atoms with E-state index in [2.05, 4.69) is 15.2 Å². The topological polar surface area (TPSA) is 74.4 Å². The molecular formula is C23H26ClFN4OS. The standard InChI is InChI=1S/C23H26ClFN4OS/c1-2-17-18(12-14-6-4-3-5-7-14)26-23(27-22(17)30)31-13-19-20(24)21(29-28-19)15-8-10-16(25)11-9-15/h8-11,14H,2-7,12-13H2,1H3,(H,28,29)(H,26,27,30). The van der Waals surface area contributed by atoms with Gasteiger partial charge in [0.1, 0.15) is 5.82 Å². The number of halogens is 2. The van der Waals surface area contributed by atoms with E-state index >= 15 is 0 Å². The molecule has 5 nitrogen and oxygen atoms in total. The minimum absolute atomic E-state index is 0.0501. The molecule has 3 aromatic rings. The third kappa shape index (κ3) is 5.21. The van der Waals surface area contributed by atoms with Crippen molar-refractivity contribution in [1.82, 2.24) is 20.2 Å². The van der Waals surface area contributed by atoms with Crippen LogP contribution in [0.1, 0.15) is 56.0 Å². The van der Waals surface area contributed by atoms with Crippen LogP contribution < -0.4 is 5.56 Å². The lowest BCUT2D eigenvalue weighted by molar-refractivity contribution is 0.352. The molecule has 1 aliphatic carbocycles. The zero-order chi connectivity index (χ0) is 21.8. The predicted molar refractivity (Wildman–Crippen MR) is 123 cm³/mol. The number of H-pyrrole nitrogens is 2. The molecule has 0 radical (unpaired) electrons. The zero-order valence-electron chi connectivity index (χ0n) is 17.5. The molecule has 164 valence electrons. The van der Waals surface area contributed by atoms with Gasteiger partial charge < -0.3 is 4.98 Å². The maximum Gasteiger partial charge on any atom is 0.254 e. The lowest BCUT2D eigenvalue weighted by Gasteiger charge is -2.22. The van der Waals surface area contributed by atoms with Crippen LogP contribution in [0.3, 0.4) is 0 Å². The minimum atomic E-state index is -0.301. The van der Waals surface area contributed by atoms with Crippen molar-refractivity contribution in [3.63, 3.8) is 0 Å². The van der Waals surface area contributed by atoms with Gasteiger partial charge in [-0.3, -0.25) is 9.89 Å². The van der Waals surface area contributed by atoms with Crippen LogP contribution >= 0.6 is 23.4 Å². The monoisotopic (exact) mass is 460 g/mol. The summed E-state index contributed by atoms with van der Waals surface area (Å²) in [6.45, 7) is 2.00. The summed E-state index contributed by atoms with van der Waals surface area (Å²) < 4.78 is 13.2. The first-order valence-electron chi connectivity index (χ1n) is 10.8. The average Bonchev–Trinajstić information content (AvgIpc) is 3.14. The predicted octanol–water partition coefficient (Wildman–Crippen LogP) is 5.93. The second-order valence-corrected chi connectivity index (χ2v) is 9.35. The number of nitrogens with one attached hydrogen (secondary N) is 2. The second kappa shape index (κ2) is 10.0. The summed E-state index contributed by atoms with van der Waals surface area (Å²) in [5, 5.41) is 8.33. The van der Waals surface area contributed by atoms with Crippen LogP contribution in [-0.4, -0.2) is 20.2 Å². The number of thioether (sulfide) groups is 1. The highest BCUT2D eigenvalue weighted by Gasteiger charge is 2.19. The lowest BCUT2D eigenvalue weighted by Crippen LogP contribution is -2.21. The highest BCUT2D eigenvalue weighted by molar-refractivity contribution is 7.98. The van der Waals surface area contributed by atoms with Crippen molar-refractivity contribution in [3.8, 4) is 11.3 Å². The van der Waals surface area contributed by atoms with E-state index in [1.807, 2.05) is 6.92 Å². The molecule has 2 N–H and O–H groups in total. The Morgan fingerprint density at radius 1 is 1.16 bits per heavy atom. The number of hydrogen-bond acceptors (Lipinski definition) is 4. The van der Waals surface area contributed by atoms with E-state index in [4.69, 9.17) is 16.6 Å². The molecule has 1 aliphatic rings. The van der Waals surface area contributed by atoms with Gasteiger partial charge in [0.25, 0.3) is 5.56 Å². The molecule has 0 bridgehead atoms. The van der Waals surface area contributed by atoms with Crippen LogP contribution in [0.4, 0.5) is 4.39 Å². The molecule has 4 rings (SSSR count). The summed E-state index contributed by atoms with van der Waals surface area (Å²) in [6, 6.07) is 6.09. The van der Waals surface area contributed by atoms with Crippen LogP contribution in [0, 0.1) is 11.7 Å². The number of rotatable bonds is 7. The first kappa shape index (κ1) is 22.1. The fourth-order valence-corrected chi connectivity index (χ4v) is 5.36. The van der Waals surface area contributed by atoms with Crippen molar-refractivity contribution in [3.05, 3.63) is 62.4 Å². The van der Waals surface area contributed by atoms with Gasteiger partial charge >= 0.3 is 0 Å². The van der Waals surface area contributed by atoms with E-state index in [1.54, 1.807) is 12.1 Å². The minimum Gasteiger partial charge on any atom is -0.301 e. The van der Waals surface area contributed by atoms with Gasteiger partial charge in [-0.05, 0) is 43.0 Å². The summed E-state index contributed by atoms with van der Waals surface area (Å²) in [4.78, 5) is 20.4. The van der Waals surface area contributed by atoms with Crippen LogP contribution in [-0.2, 0) is 18.6 Å². The Hall–Kier alpha value is -2.12. The quantitative estimate of drug-likeness (QED) is 0.338. The number of benzene rings is 1. The lowest BCUT2D eigenvalue weighted by atomic mass is 9.85. The Balaban J connectivity index is 1.50. The van der Waals surface area contributed by atoms with Crippen molar-refractivity contribution in [2.45, 2.75) is 62.8 Å². The van der Waals surface area contributed by atoms with E-state index in [-0.39, 0.29) is 11.4 Å². The van der Waals surface area contributed by atoms with E-state index in [1.165, 1.54) is 56.0 Å². The maximum absolute atomic E-state index is 13.2. The van der Waals surface area contributed by atoms with Crippen LogP contribution in [0.15, 0.2) is 34.2 Å². The number of aromatic nitrogens is 4. The molecule has 8 heteroatoms. The molecule has 1 saturated carbocycles. The largest absolute Gasteiger partial charge is 0.301 e. The fourth-order valence-electron chi connectivity index (χ4n) is 4.19. The zero-order valence-corrected chi connectivity index (χ0v) is 19.1. The first-order chi connectivity index (χ1) is 15.0. The van der Waals surface area contributed by atoms with Crippen molar-refractivity contribution in [2.24, 2.45) is 5.92 Å². The third-order valence-electron chi connectivity index (χ3n) is 5.89. The molecule has 2 heterocycles. The normalized spacial score (nSPS) is 14.8. The summed E-state index contributed by atoms with van der Waals surface area (Å²) in [5.41, 5.74) is 3.77.